The van der Waals surface area contributed by atoms with Crippen molar-refractivity contribution >= 4 is 34.4 Å². The highest BCUT2D eigenvalue weighted by Crippen LogP contribution is 2.39. The van der Waals surface area contributed by atoms with Crippen molar-refractivity contribution in [1.82, 2.24) is 29.5 Å². The molecule has 2 aromatic carbocycles. The molecule has 11 nitrogen and oxygen atoms in total. The molecule has 3 heterocycles. The van der Waals surface area contributed by atoms with E-state index in [1.807, 2.05) is 65.0 Å². The van der Waals surface area contributed by atoms with Crippen LogP contribution in [0, 0.1) is 0 Å². The minimum Gasteiger partial charge on any atom is -0.455 e. The zero-order valence-corrected chi connectivity index (χ0v) is 24.7. The number of amides is 2. The highest BCUT2D eigenvalue weighted by atomic mass is 16.5. The standard InChI is InChI=1S/C32H38N8O3/c1-3-28(42)36-26-19-22(9-14-27(26)43-25-7-5-4-6-8-25)30-29-31(33)34-20-35-32(29)40(37-30)24-12-10-23(11-13-24)39-17-15-38(16-18-39)21(2)41/h4-9,14,19-20,23-24H,3,10-13,15-18H2,1-2H3,(H,36,42)(H2,33,34,35). The van der Waals surface area contributed by atoms with Gasteiger partial charge in [0, 0.05) is 51.1 Å². The molecule has 6 rings (SSSR count). The van der Waals surface area contributed by atoms with Gasteiger partial charge in [-0.2, -0.15) is 5.10 Å². The summed E-state index contributed by atoms with van der Waals surface area (Å²) in [6.45, 7) is 6.91. The predicted octanol–water partition coefficient (Wildman–Crippen LogP) is 4.86. The van der Waals surface area contributed by atoms with Crippen molar-refractivity contribution in [2.45, 2.75) is 58.0 Å². The third-order valence-corrected chi connectivity index (χ3v) is 8.63. The molecule has 0 spiro atoms. The molecule has 1 saturated heterocycles. The van der Waals surface area contributed by atoms with Gasteiger partial charge in [0.25, 0.3) is 0 Å². The molecule has 4 aromatic rings. The average Bonchev–Trinajstić information content (AvgIpc) is 3.43. The van der Waals surface area contributed by atoms with Crippen LogP contribution in [0.15, 0.2) is 54.9 Å². The number of nitrogens with one attached hydrogen (secondary N) is 1. The van der Waals surface area contributed by atoms with Gasteiger partial charge in [-0.15, -0.1) is 0 Å². The fourth-order valence-corrected chi connectivity index (χ4v) is 6.24. The van der Waals surface area contributed by atoms with Crippen LogP contribution in [0.5, 0.6) is 11.5 Å². The van der Waals surface area contributed by atoms with Crippen LogP contribution in [0.3, 0.4) is 0 Å². The smallest absolute Gasteiger partial charge is 0.224 e. The van der Waals surface area contributed by atoms with Crippen molar-refractivity contribution < 1.29 is 14.3 Å². The van der Waals surface area contributed by atoms with Gasteiger partial charge in [0.2, 0.25) is 11.8 Å². The molecule has 224 valence electrons. The second-order valence-corrected chi connectivity index (χ2v) is 11.3. The Morgan fingerprint density at radius 2 is 1.70 bits per heavy atom. The summed E-state index contributed by atoms with van der Waals surface area (Å²) in [6.07, 6.45) is 5.88. The van der Waals surface area contributed by atoms with Gasteiger partial charge >= 0.3 is 0 Å². The number of carbonyl (C=O) groups is 2. The summed E-state index contributed by atoms with van der Waals surface area (Å²) in [5, 5.41) is 8.77. The third-order valence-electron chi connectivity index (χ3n) is 8.63. The fourth-order valence-electron chi connectivity index (χ4n) is 6.24. The Balaban J connectivity index is 1.27. The van der Waals surface area contributed by atoms with E-state index in [2.05, 4.69) is 20.2 Å². The Morgan fingerprint density at radius 3 is 2.40 bits per heavy atom. The van der Waals surface area contributed by atoms with Crippen LogP contribution in [0.1, 0.15) is 52.0 Å². The van der Waals surface area contributed by atoms with E-state index < -0.39 is 0 Å². The molecule has 0 radical (unpaired) electrons. The number of carbonyl (C=O) groups excluding carboxylic acids is 2. The Morgan fingerprint density at radius 1 is 0.977 bits per heavy atom. The first-order chi connectivity index (χ1) is 20.9. The van der Waals surface area contributed by atoms with E-state index in [9.17, 15) is 9.59 Å². The van der Waals surface area contributed by atoms with E-state index in [1.54, 1.807) is 6.92 Å². The van der Waals surface area contributed by atoms with Crippen molar-refractivity contribution in [3.8, 4) is 22.8 Å². The number of hydrogen-bond acceptors (Lipinski definition) is 8. The lowest BCUT2D eigenvalue weighted by atomic mass is 9.90. The number of para-hydroxylation sites is 1. The highest BCUT2D eigenvalue weighted by molar-refractivity contribution is 6.00. The number of benzene rings is 2. The van der Waals surface area contributed by atoms with Gasteiger partial charge in [-0.3, -0.25) is 14.5 Å². The number of ether oxygens (including phenoxy) is 1. The summed E-state index contributed by atoms with van der Waals surface area (Å²) < 4.78 is 8.14. The normalized spacial score (nSPS) is 19.3. The van der Waals surface area contributed by atoms with Crippen LogP contribution >= 0.6 is 0 Å². The molecule has 2 aliphatic rings. The van der Waals surface area contributed by atoms with E-state index in [1.165, 1.54) is 6.33 Å². The molecule has 1 aliphatic heterocycles. The molecule has 3 N–H and O–H groups in total. The van der Waals surface area contributed by atoms with E-state index in [4.69, 9.17) is 15.6 Å². The quantitative estimate of drug-likeness (QED) is 0.316. The van der Waals surface area contributed by atoms with Gasteiger partial charge in [0.05, 0.1) is 17.1 Å². The molecule has 2 aromatic heterocycles. The van der Waals surface area contributed by atoms with Gasteiger partial charge < -0.3 is 20.7 Å². The molecule has 1 aliphatic carbocycles. The zero-order valence-electron chi connectivity index (χ0n) is 24.7. The van der Waals surface area contributed by atoms with E-state index >= 15 is 0 Å². The molecule has 0 atom stereocenters. The number of piperazine rings is 1. The lowest BCUT2D eigenvalue weighted by Crippen LogP contribution is -2.52. The number of hydrogen-bond donors (Lipinski definition) is 2. The van der Waals surface area contributed by atoms with Crippen molar-refractivity contribution in [3.63, 3.8) is 0 Å². The Hall–Kier alpha value is -4.51. The number of aromatic nitrogens is 4. The summed E-state index contributed by atoms with van der Waals surface area (Å²) in [4.78, 5) is 37.6. The largest absolute Gasteiger partial charge is 0.455 e. The molecule has 11 heteroatoms. The van der Waals surface area contributed by atoms with Crippen LogP contribution in [-0.2, 0) is 9.59 Å². The fraction of sp³-hybridized carbons (Fsp3) is 0.406. The second-order valence-electron chi connectivity index (χ2n) is 11.3. The number of nitrogen functional groups attached to an aromatic ring is 1. The van der Waals surface area contributed by atoms with Crippen molar-refractivity contribution in [2.75, 3.05) is 37.2 Å². The van der Waals surface area contributed by atoms with Crippen LogP contribution < -0.4 is 15.8 Å². The van der Waals surface area contributed by atoms with Crippen LogP contribution in [0.25, 0.3) is 22.3 Å². The number of nitrogens with zero attached hydrogens (tertiary/aromatic N) is 6. The maximum Gasteiger partial charge on any atom is 0.224 e. The summed E-state index contributed by atoms with van der Waals surface area (Å²) in [7, 11) is 0. The van der Waals surface area contributed by atoms with Gasteiger partial charge in [0.15, 0.2) is 11.4 Å². The minimum absolute atomic E-state index is 0.118. The van der Waals surface area contributed by atoms with Crippen LogP contribution in [0.4, 0.5) is 11.5 Å². The number of fused-ring (bicyclic) bond motifs is 1. The lowest BCUT2D eigenvalue weighted by molar-refractivity contribution is -0.131. The highest BCUT2D eigenvalue weighted by Gasteiger charge is 2.31. The Bertz CT molecular complexity index is 1610. The summed E-state index contributed by atoms with van der Waals surface area (Å²) in [5.74, 6) is 1.61. The maximum absolute atomic E-state index is 12.5. The lowest BCUT2D eigenvalue weighted by Gasteiger charge is -2.41. The Labute approximate surface area is 251 Å². The Kier molecular flexibility index (Phi) is 8.24. The second kappa shape index (κ2) is 12.4. The zero-order chi connectivity index (χ0) is 29.9. The predicted molar refractivity (Wildman–Crippen MR) is 166 cm³/mol. The van der Waals surface area contributed by atoms with Crippen LogP contribution in [0.2, 0.25) is 0 Å². The van der Waals surface area contributed by atoms with Crippen LogP contribution in [-0.4, -0.2) is 73.6 Å². The topological polar surface area (TPSA) is 132 Å². The van der Waals surface area contributed by atoms with Gasteiger partial charge in [-0.25, -0.2) is 14.6 Å². The molecular formula is C32H38N8O3. The minimum atomic E-state index is -0.118. The molecule has 2 fully saturated rings. The summed E-state index contributed by atoms with van der Waals surface area (Å²) in [5.41, 5.74) is 9.15. The van der Waals surface area contributed by atoms with Crippen molar-refractivity contribution in [1.29, 1.82) is 0 Å². The van der Waals surface area contributed by atoms with Crippen molar-refractivity contribution in [2.24, 2.45) is 0 Å². The van der Waals surface area contributed by atoms with E-state index in [0.717, 1.165) is 57.4 Å². The van der Waals surface area contributed by atoms with Gasteiger partial charge in [-0.05, 0) is 56.0 Å². The number of nitrogens with two attached hydrogens (primary N) is 1. The summed E-state index contributed by atoms with van der Waals surface area (Å²) in [6, 6.07) is 15.8. The molecular weight excluding hydrogens is 544 g/mol. The third kappa shape index (κ3) is 6.03. The first-order valence-corrected chi connectivity index (χ1v) is 15.1. The first kappa shape index (κ1) is 28.6. The summed E-state index contributed by atoms with van der Waals surface area (Å²) >= 11 is 0. The first-order valence-electron chi connectivity index (χ1n) is 15.1. The molecule has 43 heavy (non-hydrogen) atoms. The monoisotopic (exact) mass is 582 g/mol. The number of rotatable bonds is 7. The van der Waals surface area contributed by atoms with E-state index in [0.29, 0.717) is 52.2 Å². The van der Waals surface area contributed by atoms with Gasteiger partial charge in [0.1, 0.15) is 23.6 Å². The molecule has 1 saturated carbocycles. The van der Waals surface area contributed by atoms with E-state index in [-0.39, 0.29) is 17.9 Å². The van der Waals surface area contributed by atoms with Crippen molar-refractivity contribution in [3.05, 3.63) is 54.9 Å². The number of anilines is 2. The average molecular weight is 583 g/mol. The molecule has 0 unspecified atom stereocenters. The molecule has 2 amide bonds. The maximum atomic E-state index is 12.5. The van der Waals surface area contributed by atoms with Gasteiger partial charge in [-0.1, -0.05) is 25.1 Å². The molecule has 0 bridgehead atoms. The SMILES string of the molecule is CCC(=O)Nc1cc(-c2nn(C3CCC(N4CCN(C(C)=O)CC4)CC3)c3ncnc(N)c23)ccc1Oc1ccccc1.